The number of ether oxygens (including phenoxy) is 1. The van der Waals surface area contributed by atoms with E-state index in [1.807, 2.05) is 32.0 Å². The molecule has 7 heterocycles. The third-order valence-corrected chi connectivity index (χ3v) is 17.6. The summed E-state index contributed by atoms with van der Waals surface area (Å²) >= 11 is 7.30. The van der Waals surface area contributed by atoms with Gasteiger partial charge in [-0.25, -0.2) is 34.9 Å². The number of nitrogens with zero attached hydrogens (tertiary/aromatic N) is 10. The number of rotatable bonds is 23. The number of azide groups is 1. The van der Waals surface area contributed by atoms with Gasteiger partial charge in [0, 0.05) is 63.4 Å². The Morgan fingerprint density at radius 1 is 0.769 bits per heavy atom. The van der Waals surface area contributed by atoms with Gasteiger partial charge in [0.1, 0.15) is 76.8 Å². The summed E-state index contributed by atoms with van der Waals surface area (Å²) in [5.74, 6) is -3.41. The number of hydrogen-bond acceptors (Lipinski definition) is 22. The number of aromatic nitrogens is 7. The second kappa shape index (κ2) is 25.5. The van der Waals surface area contributed by atoms with E-state index in [1.165, 1.54) is 71.8 Å². The molecular weight excluding hydrogens is 1120 g/mol. The quantitative estimate of drug-likeness (QED) is 0.0172. The second-order valence-corrected chi connectivity index (χ2v) is 23.4. The molecule has 8 aromatic rings. The van der Waals surface area contributed by atoms with Gasteiger partial charge in [0.05, 0.1) is 47.2 Å². The number of hydrogen-bond donors (Lipinski definition) is 5. The highest BCUT2D eigenvalue weighted by atomic mass is 32.1. The van der Waals surface area contributed by atoms with Crippen LogP contribution in [0.15, 0.2) is 69.1 Å². The van der Waals surface area contributed by atoms with Crippen molar-refractivity contribution in [1.82, 2.24) is 50.8 Å². The van der Waals surface area contributed by atoms with Crippen LogP contribution >= 0.6 is 68.0 Å². The number of nitrogens with one attached hydrogen (secondary N) is 3. The van der Waals surface area contributed by atoms with Crippen LogP contribution in [0.1, 0.15) is 130 Å². The lowest BCUT2D eigenvalue weighted by Gasteiger charge is -2.17. The van der Waals surface area contributed by atoms with Gasteiger partial charge in [0.25, 0.3) is 17.7 Å². The Labute approximate surface area is 469 Å². The fourth-order valence-corrected chi connectivity index (χ4v) is 13.3. The summed E-state index contributed by atoms with van der Waals surface area (Å²) in [5, 5.41) is 31.5. The number of pyridine rings is 1. The van der Waals surface area contributed by atoms with E-state index in [-0.39, 0.29) is 66.3 Å². The summed E-state index contributed by atoms with van der Waals surface area (Å²) < 4.78 is 5.34. The predicted molar refractivity (Wildman–Crippen MR) is 299 cm³/mol. The highest BCUT2D eigenvalue weighted by molar-refractivity contribution is 7.15. The van der Waals surface area contributed by atoms with Crippen LogP contribution < -0.4 is 21.7 Å². The van der Waals surface area contributed by atoms with Gasteiger partial charge >= 0.3 is 0 Å². The molecular formula is C50H48N14O8S6. The van der Waals surface area contributed by atoms with Crippen LogP contribution in [0.4, 0.5) is 0 Å². The fraction of sp³-hybridized carbons (Fsp3) is 0.300. The van der Waals surface area contributed by atoms with Crippen LogP contribution in [-0.4, -0.2) is 95.9 Å². The summed E-state index contributed by atoms with van der Waals surface area (Å²) in [4.78, 5) is 115. The van der Waals surface area contributed by atoms with Gasteiger partial charge in [-0.2, -0.15) is 0 Å². The largest absolute Gasteiger partial charge is 0.386 e. The molecule has 0 bridgehead atoms. The zero-order valence-electron chi connectivity index (χ0n) is 42.4. The Bertz CT molecular complexity index is 3580. The highest BCUT2D eigenvalue weighted by Gasteiger charge is 2.32. The van der Waals surface area contributed by atoms with Gasteiger partial charge in [-0.3, -0.25) is 28.8 Å². The van der Waals surface area contributed by atoms with Crippen molar-refractivity contribution in [2.24, 2.45) is 16.8 Å². The molecule has 8 rings (SSSR count). The van der Waals surface area contributed by atoms with Crippen molar-refractivity contribution in [3.63, 3.8) is 0 Å². The van der Waals surface area contributed by atoms with Crippen LogP contribution in [0.3, 0.4) is 0 Å². The summed E-state index contributed by atoms with van der Waals surface area (Å²) in [6.07, 6.45) is -1.21. The number of amides is 4. The number of Topliss-reactive ketones (excluding diaryl/α,β-unsaturated/α-hetero) is 2. The molecule has 0 spiro atoms. The summed E-state index contributed by atoms with van der Waals surface area (Å²) in [6, 6.07) is 10.7. The predicted octanol–water partition coefficient (Wildman–Crippen LogP) is 9.07. The maximum Gasteiger partial charge on any atom is 0.271 e. The zero-order valence-corrected chi connectivity index (χ0v) is 47.3. The Morgan fingerprint density at radius 2 is 1.46 bits per heavy atom. The van der Waals surface area contributed by atoms with E-state index in [4.69, 9.17) is 40.9 Å². The van der Waals surface area contributed by atoms with Crippen LogP contribution in [0.25, 0.3) is 53.8 Å². The van der Waals surface area contributed by atoms with Gasteiger partial charge in [-0.05, 0) is 48.1 Å². The van der Waals surface area contributed by atoms with Gasteiger partial charge in [0.2, 0.25) is 5.91 Å². The van der Waals surface area contributed by atoms with E-state index >= 15 is 0 Å². The number of ketones is 2. The minimum atomic E-state index is -0.993. The Hall–Kier alpha value is -7.24. The number of methoxy groups -OCH3 is 1. The molecule has 0 radical (unpaired) electrons. The molecule has 0 aliphatic carbocycles. The number of aliphatic hydroxyl groups excluding tert-OH is 1. The molecule has 0 fully saturated rings. The molecule has 0 saturated carbocycles. The molecule has 402 valence electrons. The first-order valence-corrected chi connectivity index (χ1v) is 28.8. The molecule has 78 heavy (non-hydrogen) atoms. The van der Waals surface area contributed by atoms with Crippen molar-refractivity contribution in [3.05, 3.63) is 128 Å². The second-order valence-electron chi connectivity index (χ2n) is 17.6. The molecule has 4 atom stereocenters. The normalized spacial score (nSPS) is 12.8. The number of carbonyl (C=O) groups excluding carboxylic acids is 6. The monoisotopic (exact) mass is 1160 g/mol. The Balaban J connectivity index is 1.06. The van der Waals surface area contributed by atoms with Crippen molar-refractivity contribution in [1.29, 1.82) is 0 Å². The standard InChI is InChI=1S/C50H48N14O8S6/c1-22(2)27(46-62-40(35(78-46)17-72-6)44(71)54-16-23(3)65)14-34(66)38-24(4)77-49(61-38)29(15-36(67)53-5)56-42(69)31-19-73-45(58-31)26-12-13-28(47-59-32(20-75-47)43(70)63-64-52)55-39(26)30-18-74-48(57-30)33-21-76-50(60-33)37(51)41(68)25-10-8-7-9-11-25/h7-13,18-22,27,29,37,41,68H,14-17,51H2,1-6H3,(H,53,67)(H,54,71)(H,56,69)/t27-,29+,37+,41+/m1/s1. The van der Waals surface area contributed by atoms with E-state index in [1.54, 1.807) is 47.3 Å². The molecule has 0 aliphatic heterocycles. The van der Waals surface area contributed by atoms with Gasteiger partial charge in [-0.15, -0.1) is 68.0 Å². The Kier molecular flexibility index (Phi) is 18.6. The van der Waals surface area contributed by atoms with Crippen molar-refractivity contribution in [2.75, 3.05) is 20.7 Å². The first-order chi connectivity index (χ1) is 37.5. The lowest BCUT2D eigenvalue weighted by atomic mass is 9.90. The molecule has 7 aromatic heterocycles. The molecule has 1 aromatic carbocycles. The highest BCUT2D eigenvalue weighted by Crippen LogP contribution is 2.40. The van der Waals surface area contributed by atoms with E-state index in [2.05, 4.69) is 35.9 Å². The first kappa shape index (κ1) is 56.9. The smallest absolute Gasteiger partial charge is 0.271 e. The van der Waals surface area contributed by atoms with E-state index in [0.717, 1.165) is 22.7 Å². The SMILES string of the molecule is CNC(=O)C[C@H](NC(=O)c1csc(-c2ccc(-c3nc(C(=O)N=[N+]=[N-])cs3)nc2-c2csc(-c3csc([C@@H](N)[C@@H](O)c4ccccc4)n3)n2)n1)c1nc(C(=O)C[C@@H](c2nc(C(=O)NCC(C)=O)c(COC)s2)C(C)C)c(C)s1. The molecule has 6 N–H and O–H groups in total. The molecule has 28 heteroatoms. The zero-order chi connectivity index (χ0) is 55.8. The van der Waals surface area contributed by atoms with E-state index < -0.39 is 47.7 Å². The van der Waals surface area contributed by atoms with Crippen LogP contribution in [0, 0.1) is 12.8 Å². The number of carbonyl (C=O) groups is 6. The minimum Gasteiger partial charge on any atom is -0.386 e. The van der Waals surface area contributed by atoms with Crippen LogP contribution in [-0.2, 0) is 20.9 Å². The topological polar surface area (TPSA) is 333 Å². The number of aryl methyl sites for hydroxylation is 1. The van der Waals surface area contributed by atoms with Gasteiger partial charge in [0.15, 0.2) is 5.78 Å². The summed E-state index contributed by atoms with van der Waals surface area (Å²) in [6.45, 7) is 6.94. The lowest BCUT2D eigenvalue weighted by Crippen LogP contribution is -2.33. The molecule has 0 aliphatic rings. The van der Waals surface area contributed by atoms with Crippen LogP contribution in [0.2, 0.25) is 0 Å². The van der Waals surface area contributed by atoms with Crippen molar-refractivity contribution >= 4 is 103 Å². The molecule has 0 unspecified atom stereocenters. The lowest BCUT2D eigenvalue weighted by molar-refractivity contribution is -0.121. The number of nitrogens with two attached hydrogens (primary N) is 1. The Morgan fingerprint density at radius 3 is 2.18 bits per heavy atom. The van der Waals surface area contributed by atoms with Crippen molar-refractivity contribution in [2.45, 2.75) is 71.2 Å². The third-order valence-electron chi connectivity index (χ3n) is 11.8. The fourth-order valence-electron chi connectivity index (χ4n) is 7.73. The van der Waals surface area contributed by atoms with Crippen LogP contribution in [0.5, 0.6) is 0 Å². The molecule has 22 nitrogen and oxygen atoms in total. The summed E-state index contributed by atoms with van der Waals surface area (Å²) in [7, 11) is 2.96. The molecule has 4 amide bonds. The average Bonchev–Trinajstić information content (AvgIpc) is 4.31. The number of benzene rings is 1. The van der Waals surface area contributed by atoms with Gasteiger partial charge in [-0.1, -0.05) is 44.2 Å². The van der Waals surface area contributed by atoms with Crippen molar-refractivity contribution in [3.8, 4) is 43.4 Å². The van der Waals surface area contributed by atoms with E-state index in [9.17, 15) is 33.9 Å². The minimum absolute atomic E-state index is 0.00704. The van der Waals surface area contributed by atoms with Gasteiger partial charge < -0.3 is 31.5 Å². The average molecular weight is 1170 g/mol. The van der Waals surface area contributed by atoms with E-state index in [0.29, 0.717) is 73.7 Å². The maximum absolute atomic E-state index is 14.2. The van der Waals surface area contributed by atoms with Crippen molar-refractivity contribution < 1.29 is 38.6 Å². The third kappa shape index (κ3) is 13.2. The number of aliphatic hydroxyl groups is 1. The molecule has 0 saturated heterocycles. The number of thiazole rings is 6. The summed E-state index contributed by atoms with van der Waals surface area (Å²) in [5.41, 5.74) is 18.4. The maximum atomic E-state index is 14.2. The first-order valence-electron chi connectivity index (χ1n) is 23.7.